The minimum Gasteiger partial charge on any atom is -0.478 e. The lowest BCUT2D eigenvalue weighted by Gasteiger charge is -2.32. The lowest BCUT2D eigenvalue weighted by Crippen LogP contribution is -2.44. The van der Waals surface area contributed by atoms with E-state index in [1.165, 1.54) is 12.1 Å². The molecule has 0 aliphatic carbocycles. The molecule has 3 rings (SSSR count). The quantitative estimate of drug-likeness (QED) is 0.696. The van der Waals surface area contributed by atoms with Crippen LogP contribution in [0.4, 0.5) is 5.69 Å². The minimum atomic E-state index is -0.996. The summed E-state index contributed by atoms with van der Waals surface area (Å²) in [6, 6.07) is 6.11. The van der Waals surface area contributed by atoms with Gasteiger partial charge < -0.3 is 20.6 Å². The highest BCUT2D eigenvalue weighted by molar-refractivity contribution is 5.94. The molecule has 2 saturated heterocycles. The number of carboxylic acid groups (broad SMARTS) is 1. The minimum absolute atomic E-state index is 0.112. The fourth-order valence-electron chi connectivity index (χ4n) is 4.01. The maximum absolute atomic E-state index is 12.6. The zero-order valence-electron chi connectivity index (χ0n) is 16.2. The normalized spacial score (nSPS) is 20.6. The number of benzene rings is 1. The van der Waals surface area contributed by atoms with Crippen LogP contribution in [-0.4, -0.2) is 54.0 Å². The molecule has 3 N–H and O–H groups in total. The second kappa shape index (κ2) is 9.68. The molecule has 1 aromatic rings. The summed E-state index contributed by atoms with van der Waals surface area (Å²) in [6.45, 7) is 3.27. The highest BCUT2D eigenvalue weighted by atomic mass is 16.4. The highest BCUT2D eigenvalue weighted by Crippen LogP contribution is 2.22. The molecule has 28 heavy (non-hydrogen) atoms. The highest BCUT2D eigenvalue weighted by Gasteiger charge is 2.28. The van der Waals surface area contributed by atoms with Gasteiger partial charge in [-0.15, -0.1) is 0 Å². The summed E-state index contributed by atoms with van der Waals surface area (Å²) in [4.78, 5) is 37.9. The van der Waals surface area contributed by atoms with Crippen LogP contribution in [-0.2, 0) is 9.59 Å². The summed E-state index contributed by atoms with van der Waals surface area (Å²) in [6.07, 6.45) is 5.36. The van der Waals surface area contributed by atoms with Crippen molar-refractivity contribution in [3.8, 4) is 0 Å². The van der Waals surface area contributed by atoms with E-state index in [4.69, 9.17) is 5.11 Å². The van der Waals surface area contributed by atoms with Gasteiger partial charge in [-0.3, -0.25) is 9.59 Å². The van der Waals surface area contributed by atoms with Gasteiger partial charge in [0.1, 0.15) is 0 Å². The average Bonchev–Trinajstić information content (AvgIpc) is 2.73. The van der Waals surface area contributed by atoms with Crippen molar-refractivity contribution in [2.24, 2.45) is 11.8 Å². The van der Waals surface area contributed by atoms with E-state index >= 15 is 0 Å². The summed E-state index contributed by atoms with van der Waals surface area (Å²) in [7, 11) is 0. The number of likely N-dealkylation sites (tertiary alicyclic amines) is 1. The first-order chi connectivity index (χ1) is 13.5. The third-order valence-corrected chi connectivity index (χ3v) is 5.77. The number of carbonyl (C=O) groups excluding carboxylic acids is 2. The van der Waals surface area contributed by atoms with Gasteiger partial charge in [0.25, 0.3) is 0 Å². The van der Waals surface area contributed by atoms with E-state index in [1.54, 1.807) is 12.1 Å². The molecule has 2 amide bonds. The number of amides is 2. The molecule has 0 saturated carbocycles. The molecule has 2 aliphatic heterocycles. The van der Waals surface area contributed by atoms with Crippen molar-refractivity contribution in [2.75, 3.05) is 31.5 Å². The Kier molecular flexibility index (Phi) is 7.03. The second-order valence-electron chi connectivity index (χ2n) is 7.78. The smallest absolute Gasteiger partial charge is 0.335 e. The first-order valence-electron chi connectivity index (χ1n) is 10.2. The third-order valence-electron chi connectivity index (χ3n) is 5.77. The standard InChI is InChI=1S/C21H29N3O4/c25-19(8-3-15-9-11-22-12-10-15)24-13-1-2-17(14-24)20(26)23-18-6-4-16(5-7-18)21(27)28/h4-7,15,17,22H,1-3,8-14H2,(H,23,26)(H,27,28). The van der Waals surface area contributed by atoms with Gasteiger partial charge in [0.15, 0.2) is 0 Å². The van der Waals surface area contributed by atoms with Crippen molar-refractivity contribution < 1.29 is 19.5 Å². The van der Waals surface area contributed by atoms with Crippen molar-refractivity contribution in [3.63, 3.8) is 0 Å². The number of carbonyl (C=O) groups is 3. The van der Waals surface area contributed by atoms with Crippen molar-refractivity contribution in [2.45, 2.75) is 38.5 Å². The molecule has 2 aliphatic rings. The number of piperidine rings is 2. The Morgan fingerprint density at radius 1 is 1.11 bits per heavy atom. The van der Waals surface area contributed by atoms with Crippen LogP contribution >= 0.6 is 0 Å². The van der Waals surface area contributed by atoms with Crippen LogP contribution in [0.25, 0.3) is 0 Å². The maximum atomic E-state index is 12.6. The van der Waals surface area contributed by atoms with Gasteiger partial charge in [0.2, 0.25) is 11.8 Å². The zero-order chi connectivity index (χ0) is 19.9. The molecule has 0 bridgehead atoms. The maximum Gasteiger partial charge on any atom is 0.335 e. The lowest BCUT2D eigenvalue weighted by molar-refractivity contribution is -0.134. The van der Waals surface area contributed by atoms with Gasteiger partial charge in [0.05, 0.1) is 11.5 Å². The first kappa shape index (κ1) is 20.3. The Labute approximate surface area is 165 Å². The fraction of sp³-hybridized carbons (Fsp3) is 0.571. The average molecular weight is 387 g/mol. The molecular formula is C21H29N3O4. The van der Waals surface area contributed by atoms with E-state index in [0.717, 1.165) is 51.7 Å². The van der Waals surface area contributed by atoms with Gasteiger partial charge in [-0.1, -0.05) is 0 Å². The van der Waals surface area contributed by atoms with Crippen LogP contribution in [0.15, 0.2) is 24.3 Å². The molecule has 0 radical (unpaired) electrons. The van der Waals surface area contributed by atoms with Crippen molar-refractivity contribution >= 4 is 23.5 Å². The van der Waals surface area contributed by atoms with Crippen molar-refractivity contribution in [1.29, 1.82) is 0 Å². The van der Waals surface area contributed by atoms with E-state index in [9.17, 15) is 14.4 Å². The first-order valence-corrected chi connectivity index (χ1v) is 10.2. The van der Waals surface area contributed by atoms with Crippen LogP contribution in [0.2, 0.25) is 0 Å². The Bertz CT molecular complexity index is 698. The number of rotatable bonds is 6. The van der Waals surface area contributed by atoms with Crippen LogP contribution in [0.3, 0.4) is 0 Å². The van der Waals surface area contributed by atoms with Crippen molar-refractivity contribution in [3.05, 3.63) is 29.8 Å². The van der Waals surface area contributed by atoms with E-state index < -0.39 is 5.97 Å². The molecule has 0 aromatic heterocycles. The van der Waals surface area contributed by atoms with E-state index in [-0.39, 0.29) is 23.3 Å². The van der Waals surface area contributed by atoms with Crippen LogP contribution < -0.4 is 10.6 Å². The SMILES string of the molecule is O=C(O)c1ccc(NC(=O)C2CCCN(C(=O)CCC3CCNCC3)C2)cc1. The predicted molar refractivity (Wildman–Crippen MR) is 106 cm³/mol. The molecule has 1 atom stereocenters. The Morgan fingerprint density at radius 3 is 2.50 bits per heavy atom. The summed E-state index contributed by atoms with van der Waals surface area (Å²) in [5.41, 5.74) is 0.755. The molecule has 2 fully saturated rings. The lowest BCUT2D eigenvalue weighted by atomic mass is 9.92. The molecule has 7 nitrogen and oxygen atoms in total. The van der Waals surface area contributed by atoms with Crippen LogP contribution in [0.5, 0.6) is 0 Å². The van der Waals surface area contributed by atoms with Gasteiger partial charge in [0, 0.05) is 25.2 Å². The van der Waals surface area contributed by atoms with E-state index in [0.29, 0.717) is 24.6 Å². The number of anilines is 1. The molecule has 7 heteroatoms. The van der Waals surface area contributed by atoms with Gasteiger partial charge >= 0.3 is 5.97 Å². The molecule has 1 aromatic carbocycles. The van der Waals surface area contributed by atoms with Gasteiger partial charge in [-0.2, -0.15) is 0 Å². The number of hydrogen-bond donors (Lipinski definition) is 3. The molecule has 1 unspecified atom stereocenters. The summed E-state index contributed by atoms with van der Waals surface area (Å²) < 4.78 is 0. The number of nitrogens with zero attached hydrogens (tertiary/aromatic N) is 1. The monoisotopic (exact) mass is 387 g/mol. The van der Waals surface area contributed by atoms with Crippen LogP contribution in [0.1, 0.15) is 48.9 Å². The topological polar surface area (TPSA) is 98.7 Å². The third kappa shape index (κ3) is 5.55. The van der Waals surface area contributed by atoms with Gasteiger partial charge in [-0.25, -0.2) is 4.79 Å². The summed E-state index contributed by atoms with van der Waals surface area (Å²) >= 11 is 0. The van der Waals surface area contributed by atoms with E-state index in [1.807, 2.05) is 4.90 Å². The Hall–Kier alpha value is -2.41. The zero-order valence-corrected chi connectivity index (χ0v) is 16.2. The van der Waals surface area contributed by atoms with Gasteiger partial charge in [-0.05, 0) is 75.4 Å². The molecule has 152 valence electrons. The number of hydrogen-bond acceptors (Lipinski definition) is 4. The molecular weight excluding hydrogens is 358 g/mol. The fourth-order valence-corrected chi connectivity index (χ4v) is 4.01. The summed E-state index contributed by atoms with van der Waals surface area (Å²) in [5, 5.41) is 15.1. The predicted octanol–water partition coefficient (Wildman–Crippen LogP) is 2.34. The second-order valence-corrected chi connectivity index (χ2v) is 7.78. The summed E-state index contributed by atoms with van der Waals surface area (Å²) in [5.74, 6) is -0.553. The Balaban J connectivity index is 1.48. The molecule has 2 heterocycles. The van der Waals surface area contributed by atoms with Crippen molar-refractivity contribution in [1.82, 2.24) is 10.2 Å². The van der Waals surface area contributed by atoms with E-state index in [2.05, 4.69) is 10.6 Å². The largest absolute Gasteiger partial charge is 0.478 e. The number of carboxylic acids is 1. The van der Waals surface area contributed by atoms with Crippen LogP contribution in [0, 0.1) is 11.8 Å². The number of aromatic carboxylic acids is 1. The molecule has 0 spiro atoms. The number of nitrogens with one attached hydrogen (secondary N) is 2. The Morgan fingerprint density at radius 2 is 1.82 bits per heavy atom.